The van der Waals surface area contributed by atoms with Gasteiger partial charge >= 0.3 is 0 Å². The molecule has 0 saturated heterocycles. The molecule has 0 unspecified atom stereocenters. The van der Waals surface area contributed by atoms with Crippen LogP contribution in [0.3, 0.4) is 0 Å². The van der Waals surface area contributed by atoms with Gasteiger partial charge in [0, 0.05) is 0 Å². The van der Waals surface area contributed by atoms with Crippen LogP contribution in [0.15, 0.2) is 0 Å². The third-order valence-corrected chi connectivity index (χ3v) is 0.808. The summed E-state index contributed by atoms with van der Waals surface area (Å²) in [6, 6.07) is 0. The summed E-state index contributed by atoms with van der Waals surface area (Å²) in [5, 5.41) is 0. The lowest BCUT2D eigenvalue weighted by atomic mass is 10.4. The normalized spacial score (nSPS) is 4.13. The largest absolute Gasteiger partial charge is 0.108 e. The first-order valence-electron chi connectivity index (χ1n) is 3.65. The van der Waals surface area contributed by atoms with Gasteiger partial charge in [-0.2, -0.15) is 0 Å². The molecule has 0 aliphatic heterocycles. The van der Waals surface area contributed by atoms with Gasteiger partial charge in [-0.25, -0.2) is 0 Å². The molecule has 0 aliphatic carbocycles. The second-order valence-electron chi connectivity index (χ2n) is 1.72. The van der Waals surface area contributed by atoms with Crippen LogP contribution in [-0.4, -0.2) is 0 Å². The molecule has 0 nitrogen and oxygen atoms in total. The first-order valence-corrected chi connectivity index (χ1v) is 3.65. The van der Waals surface area contributed by atoms with Crippen molar-refractivity contribution in [1.82, 2.24) is 0 Å². The lowest BCUT2D eigenvalue weighted by molar-refractivity contribution is 2.01. The minimum atomic E-state index is 1.43. The Morgan fingerprint density at radius 1 is 0.533 bits per heavy atom. The molecule has 0 aromatic heterocycles. The van der Waals surface area contributed by atoms with Gasteiger partial charge < -0.3 is 0 Å². The molecule has 0 saturated carbocycles. The molecule has 0 rings (SSSR count). The van der Waals surface area contributed by atoms with Crippen LogP contribution in [-0.2, 0) is 0 Å². The van der Waals surface area contributed by atoms with Crippen molar-refractivity contribution in [3.8, 4) is 83.9 Å². The van der Waals surface area contributed by atoms with Crippen molar-refractivity contribution in [2.24, 2.45) is 0 Å². The Balaban J connectivity index is 4.01. The van der Waals surface area contributed by atoms with Crippen LogP contribution < -0.4 is 0 Å². The average Bonchev–Trinajstić information content (AvgIpc) is 2.26. The van der Waals surface area contributed by atoms with Crippen molar-refractivity contribution in [3.63, 3.8) is 0 Å². The predicted octanol–water partition coefficient (Wildman–Crippen LogP) is 0.474. The monoisotopic (exact) mass is 183 g/mol. The van der Waals surface area contributed by atoms with E-state index in [-0.39, 0.29) is 0 Å². The van der Waals surface area contributed by atoms with Crippen LogP contribution in [0.25, 0.3) is 0 Å². The van der Waals surface area contributed by atoms with Gasteiger partial charge in [-0.1, -0.05) is 11.8 Å². The highest BCUT2D eigenvalue weighted by atomic mass is 13.6. The topological polar surface area (TPSA) is 0 Å². The summed E-state index contributed by atoms with van der Waals surface area (Å²) < 4.78 is 0. The Kier molecular flexibility index (Phi) is 8.68. The van der Waals surface area contributed by atoms with E-state index in [0.29, 0.717) is 0 Å². The third kappa shape index (κ3) is 10.9. The quantitative estimate of drug-likeness (QED) is 0.479. The van der Waals surface area contributed by atoms with Crippen LogP contribution in [0.4, 0.5) is 0 Å². The second-order valence-corrected chi connectivity index (χ2v) is 1.72. The number of terminal acetylenes is 2. The molecule has 0 bridgehead atoms. The van der Waals surface area contributed by atoms with Crippen molar-refractivity contribution < 1.29 is 0 Å². The zero-order valence-electron chi connectivity index (χ0n) is 7.73. The number of hydrogen-bond donors (Lipinski definition) is 0. The molecular weight excluding hydrogens is 180 g/mol. The van der Waals surface area contributed by atoms with E-state index >= 15 is 0 Å². The van der Waals surface area contributed by atoms with E-state index in [9.17, 15) is 0 Å². The van der Waals surface area contributed by atoms with Crippen molar-refractivity contribution in [1.29, 1.82) is 0 Å². The van der Waals surface area contributed by atoms with Crippen LogP contribution in [0.1, 0.15) is 0 Å². The number of rotatable bonds is 0. The summed E-state index contributed by atoms with van der Waals surface area (Å²) in [6.07, 6.45) is 11.2. The maximum absolute atomic E-state index is 4.87. The fourth-order valence-corrected chi connectivity index (χ4v) is 0.378. The zero-order valence-corrected chi connectivity index (χ0v) is 7.73. The van der Waals surface area contributed by atoms with E-state index < -0.39 is 0 Å². The molecule has 0 aromatic rings. The summed E-state index contributed by atoms with van der Waals surface area (Å²) in [4.78, 5) is 0. The van der Waals surface area contributed by atoms with Crippen LogP contribution in [0, 0.1) is 90.3 Å². The SMILES string of the molecule is C#CC#CC#CC#C[CH]C#CC#CC#C. The summed E-state index contributed by atoms with van der Waals surface area (Å²) >= 11 is 0. The zero-order chi connectivity index (χ0) is 11.2. The van der Waals surface area contributed by atoms with E-state index in [1.54, 1.807) is 0 Å². The van der Waals surface area contributed by atoms with Gasteiger partial charge in [-0.15, -0.1) is 12.8 Å². The first kappa shape index (κ1) is 11.9. The Morgan fingerprint density at radius 2 is 0.933 bits per heavy atom. The highest BCUT2D eigenvalue weighted by molar-refractivity contribution is 5.43. The number of hydrogen-bond acceptors (Lipinski definition) is 0. The Labute approximate surface area is 90.8 Å². The van der Waals surface area contributed by atoms with Crippen molar-refractivity contribution in [2.45, 2.75) is 0 Å². The summed E-state index contributed by atoms with van der Waals surface area (Å²) in [5.74, 6) is 28.8. The Hall–Kier alpha value is -3.08. The van der Waals surface area contributed by atoms with Crippen molar-refractivity contribution in [3.05, 3.63) is 6.42 Å². The molecule has 0 heterocycles. The van der Waals surface area contributed by atoms with E-state index in [2.05, 4.69) is 71.0 Å². The second kappa shape index (κ2) is 10.9. The molecule has 15 heavy (non-hydrogen) atoms. The van der Waals surface area contributed by atoms with Gasteiger partial charge in [0.25, 0.3) is 0 Å². The van der Waals surface area contributed by atoms with Gasteiger partial charge in [0.15, 0.2) is 0 Å². The standard InChI is InChI=1S/C15H3/c1-3-5-7-9-11-13-15-14-12-10-8-6-4-2/h1-2,13H. The fourth-order valence-electron chi connectivity index (χ4n) is 0.378. The minimum absolute atomic E-state index is 1.43. The molecule has 0 aromatic carbocycles. The Bertz CT molecular complexity index is 589. The molecule has 0 atom stereocenters. The molecular formula is C15H3. The summed E-state index contributed by atoms with van der Waals surface area (Å²) in [5.41, 5.74) is 0. The molecule has 1 radical (unpaired) electrons. The summed E-state index contributed by atoms with van der Waals surface area (Å²) in [7, 11) is 0. The highest BCUT2D eigenvalue weighted by Crippen LogP contribution is 1.66. The van der Waals surface area contributed by atoms with Gasteiger partial charge in [0.05, 0.1) is 0 Å². The van der Waals surface area contributed by atoms with E-state index in [0.717, 1.165) is 0 Å². The van der Waals surface area contributed by atoms with Gasteiger partial charge in [0.1, 0.15) is 6.42 Å². The first-order chi connectivity index (χ1) is 7.41. The van der Waals surface area contributed by atoms with Gasteiger partial charge in [0.2, 0.25) is 0 Å². The van der Waals surface area contributed by atoms with Crippen molar-refractivity contribution in [2.75, 3.05) is 0 Å². The fraction of sp³-hybridized carbons (Fsp3) is 0. The van der Waals surface area contributed by atoms with Gasteiger partial charge in [-0.3, -0.25) is 0 Å². The minimum Gasteiger partial charge on any atom is -0.106 e. The van der Waals surface area contributed by atoms with Crippen LogP contribution in [0.2, 0.25) is 0 Å². The maximum Gasteiger partial charge on any atom is 0.108 e. The highest BCUT2D eigenvalue weighted by Gasteiger charge is 1.64. The van der Waals surface area contributed by atoms with Crippen LogP contribution in [0.5, 0.6) is 0 Å². The molecule has 0 heteroatoms. The van der Waals surface area contributed by atoms with E-state index in [1.807, 2.05) is 0 Å². The maximum atomic E-state index is 4.87. The molecule has 0 amide bonds. The van der Waals surface area contributed by atoms with E-state index in [4.69, 9.17) is 12.8 Å². The Morgan fingerprint density at radius 3 is 1.47 bits per heavy atom. The molecule has 0 N–H and O–H groups in total. The molecule has 0 aliphatic rings. The molecule has 0 fully saturated rings. The van der Waals surface area contributed by atoms with Gasteiger partial charge in [-0.05, 0) is 59.2 Å². The predicted molar refractivity (Wildman–Crippen MR) is 60.8 cm³/mol. The van der Waals surface area contributed by atoms with Crippen LogP contribution >= 0.6 is 0 Å². The molecule has 0 spiro atoms. The molecule has 63 valence electrons. The van der Waals surface area contributed by atoms with Crippen molar-refractivity contribution >= 4 is 0 Å². The van der Waals surface area contributed by atoms with E-state index in [1.165, 1.54) is 6.42 Å². The lowest BCUT2D eigenvalue weighted by Crippen LogP contribution is -1.61. The third-order valence-electron chi connectivity index (χ3n) is 0.808. The lowest BCUT2D eigenvalue weighted by Gasteiger charge is -1.63. The average molecular weight is 183 g/mol. The summed E-state index contributed by atoms with van der Waals surface area (Å²) in [6.45, 7) is 0. The smallest absolute Gasteiger partial charge is 0.106 e.